The molecule has 166 valence electrons. The maximum atomic E-state index is 14.4. The number of halogens is 3. The number of fused-ring (bicyclic) bond motifs is 1. The highest BCUT2D eigenvalue weighted by atomic mass is 19.2. The molecule has 0 spiro atoms. The van der Waals surface area contributed by atoms with E-state index in [1.54, 1.807) is 6.07 Å². The van der Waals surface area contributed by atoms with E-state index in [1.165, 1.54) is 24.1 Å². The Morgan fingerprint density at radius 2 is 1.53 bits per heavy atom. The molecule has 0 saturated heterocycles. The zero-order chi connectivity index (χ0) is 22.5. The Hall–Kier alpha value is -2.73. The molecule has 4 rings (SSSR count). The first kappa shape index (κ1) is 22.5. The van der Waals surface area contributed by atoms with Gasteiger partial charge in [-0.3, -0.25) is 0 Å². The molecule has 3 aromatic carbocycles. The molecule has 0 bridgehead atoms. The molecule has 0 radical (unpaired) electrons. The summed E-state index contributed by atoms with van der Waals surface area (Å²) < 4.78 is 41.5. The second-order valence-electron chi connectivity index (χ2n) is 8.96. The molecule has 0 aromatic heterocycles. The lowest BCUT2D eigenvalue weighted by Crippen LogP contribution is -2.12. The first-order valence-electron chi connectivity index (χ1n) is 11.7. The topological polar surface area (TPSA) is 0 Å². The highest BCUT2D eigenvalue weighted by Gasteiger charge is 2.21. The van der Waals surface area contributed by atoms with Gasteiger partial charge in [0.15, 0.2) is 11.6 Å². The lowest BCUT2D eigenvalue weighted by molar-refractivity contribution is 0.385. The third kappa shape index (κ3) is 5.36. The van der Waals surface area contributed by atoms with Crippen LogP contribution in [-0.4, -0.2) is 0 Å². The smallest absolute Gasteiger partial charge is 0.159 e. The third-order valence-electron chi connectivity index (χ3n) is 6.62. The summed E-state index contributed by atoms with van der Waals surface area (Å²) in [6.07, 6.45) is 8.25. The molecular weight excluding hydrogens is 405 g/mol. The molecule has 0 N–H and O–H groups in total. The molecule has 0 amide bonds. The first-order chi connectivity index (χ1) is 15.5. The zero-order valence-electron chi connectivity index (χ0n) is 18.6. The highest BCUT2D eigenvalue weighted by Crippen LogP contribution is 2.36. The third-order valence-corrected chi connectivity index (χ3v) is 6.62. The Morgan fingerprint density at radius 1 is 0.781 bits per heavy atom. The average molecular weight is 435 g/mol. The Labute approximate surface area is 188 Å². The summed E-state index contributed by atoms with van der Waals surface area (Å²) in [5.41, 5.74) is 2.69. The molecule has 1 aliphatic rings. The minimum atomic E-state index is -0.813. The van der Waals surface area contributed by atoms with E-state index in [0.717, 1.165) is 55.9 Å². The first-order valence-corrected chi connectivity index (χ1v) is 11.7. The van der Waals surface area contributed by atoms with E-state index in [-0.39, 0.29) is 11.7 Å². The van der Waals surface area contributed by atoms with Crippen molar-refractivity contribution in [3.05, 3.63) is 82.7 Å². The number of aryl methyl sites for hydroxylation is 1. The Morgan fingerprint density at radius 3 is 2.25 bits per heavy atom. The van der Waals surface area contributed by atoms with Gasteiger partial charge in [-0.2, -0.15) is 0 Å². The van der Waals surface area contributed by atoms with E-state index in [4.69, 9.17) is 0 Å². The normalized spacial score (nSPS) is 18.4. The van der Waals surface area contributed by atoms with Crippen molar-refractivity contribution in [2.75, 3.05) is 0 Å². The van der Waals surface area contributed by atoms with Gasteiger partial charge in [-0.25, -0.2) is 13.2 Å². The van der Waals surface area contributed by atoms with Crippen molar-refractivity contribution in [3.8, 4) is 11.8 Å². The van der Waals surface area contributed by atoms with E-state index in [2.05, 4.69) is 18.8 Å². The summed E-state index contributed by atoms with van der Waals surface area (Å²) in [6, 6.07) is 13.8. The summed E-state index contributed by atoms with van der Waals surface area (Å²) in [5.74, 6) is 5.16. The fraction of sp³-hybridized carbons (Fsp3) is 0.379. The van der Waals surface area contributed by atoms with Crippen molar-refractivity contribution < 1.29 is 13.2 Å². The van der Waals surface area contributed by atoms with Crippen LogP contribution < -0.4 is 0 Å². The maximum absolute atomic E-state index is 14.4. The Kier molecular flexibility index (Phi) is 7.20. The average Bonchev–Trinajstić information content (AvgIpc) is 2.79. The Bertz CT molecular complexity index is 1140. The van der Waals surface area contributed by atoms with E-state index in [9.17, 15) is 13.2 Å². The minimum absolute atomic E-state index is 0.222. The van der Waals surface area contributed by atoms with Crippen LogP contribution in [0.25, 0.3) is 10.8 Å². The van der Waals surface area contributed by atoms with Crippen LogP contribution in [0.5, 0.6) is 0 Å². The lowest BCUT2D eigenvalue weighted by atomic mass is 9.78. The molecular formula is C29H29F3. The van der Waals surface area contributed by atoms with Crippen LogP contribution in [0.4, 0.5) is 13.2 Å². The second kappa shape index (κ2) is 10.3. The van der Waals surface area contributed by atoms with Crippen LogP contribution in [0.15, 0.2) is 48.5 Å². The number of hydrogen-bond acceptors (Lipinski definition) is 0. The van der Waals surface area contributed by atoms with Crippen molar-refractivity contribution in [1.29, 1.82) is 0 Å². The standard InChI is InChI=1S/C29H29F3/c1-2-3-4-5-21-9-13-23(27(30)16-21)12-8-20-6-10-22(11-7-20)24-14-15-25-18-28(31)29(32)19-26(25)17-24/h9,13-20,22H,2-7,10-11H2,1H3. The molecule has 0 atom stereocenters. The lowest BCUT2D eigenvalue weighted by Gasteiger charge is -2.26. The SMILES string of the molecule is CCCCCc1ccc(C#CC2CCC(c3ccc4cc(F)c(F)cc4c3)CC2)c(F)c1. The fourth-order valence-corrected chi connectivity index (χ4v) is 4.66. The quantitative estimate of drug-likeness (QED) is 0.280. The number of unbranched alkanes of at least 4 members (excludes halogenated alkanes) is 2. The minimum Gasteiger partial charge on any atom is -0.206 e. The van der Waals surface area contributed by atoms with Crippen molar-refractivity contribution in [3.63, 3.8) is 0 Å². The van der Waals surface area contributed by atoms with Crippen LogP contribution in [0.1, 0.15) is 74.5 Å². The molecule has 1 fully saturated rings. The van der Waals surface area contributed by atoms with E-state index >= 15 is 0 Å². The van der Waals surface area contributed by atoms with Gasteiger partial charge in [0, 0.05) is 5.92 Å². The molecule has 3 heteroatoms. The van der Waals surface area contributed by atoms with Gasteiger partial charge in [0.1, 0.15) is 5.82 Å². The van der Waals surface area contributed by atoms with Crippen LogP contribution in [-0.2, 0) is 6.42 Å². The molecule has 0 unspecified atom stereocenters. The highest BCUT2D eigenvalue weighted by molar-refractivity contribution is 5.83. The van der Waals surface area contributed by atoms with Gasteiger partial charge < -0.3 is 0 Å². The maximum Gasteiger partial charge on any atom is 0.159 e. The fourth-order valence-electron chi connectivity index (χ4n) is 4.66. The van der Waals surface area contributed by atoms with Gasteiger partial charge in [0.2, 0.25) is 0 Å². The molecule has 1 saturated carbocycles. The van der Waals surface area contributed by atoms with Crippen molar-refractivity contribution in [1.82, 2.24) is 0 Å². The second-order valence-corrected chi connectivity index (χ2v) is 8.96. The van der Waals surface area contributed by atoms with Gasteiger partial charge >= 0.3 is 0 Å². The largest absolute Gasteiger partial charge is 0.206 e. The predicted octanol–water partition coefficient (Wildman–Crippen LogP) is 8.32. The van der Waals surface area contributed by atoms with E-state index in [0.29, 0.717) is 16.9 Å². The van der Waals surface area contributed by atoms with Gasteiger partial charge in [0.25, 0.3) is 0 Å². The van der Waals surface area contributed by atoms with Gasteiger partial charge in [-0.05, 0) is 90.6 Å². The molecule has 0 aliphatic heterocycles. The number of benzene rings is 3. The van der Waals surface area contributed by atoms with Gasteiger partial charge in [-0.15, -0.1) is 0 Å². The Balaban J connectivity index is 1.37. The van der Waals surface area contributed by atoms with Crippen molar-refractivity contribution in [2.24, 2.45) is 5.92 Å². The summed E-state index contributed by atoms with van der Waals surface area (Å²) in [7, 11) is 0. The van der Waals surface area contributed by atoms with E-state index in [1.807, 2.05) is 30.3 Å². The molecule has 3 aromatic rings. The van der Waals surface area contributed by atoms with Gasteiger partial charge in [-0.1, -0.05) is 55.9 Å². The summed E-state index contributed by atoms with van der Waals surface area (Å²) in [6.45, 7) is 2.16. The van der Waals surface area contributed by atoms with E-state index < -0.39 is 11.6 Å². The van der Waals surface area contributed by atoms with Crippen LogP contribution in [0, 0.1) is 35.2 Å². The van der Waals surface area contributed by atoms with Gasteiger partial charge in [0.05, 0.1) is 5.56 Å². The predicted molar refractivity (Wildman–Crippen MR) is 125 cm³/mol. The molecule has 32 heavy (non-hydrogen) atoms. The molecule has 1 aliphatic carbocycles. The van der Waals surface area contributed by atoms with Crippen LogP contribution in [0.3, 0.4) is 0 Å². The summed E-state index contributed by atoms with van der Waals surface area (Å²) in [5, 5.41) is 1.45. The zero-order valence-corrected chi connectivity index (χ0v) is 18.6. The van der Waals surface area contributed by atoms with Crippen LogP contribution in [0.2, 0.25) is 0 Å². The monoisotopic (exact) mass is 434 g/mol. The summed E-state index contributed by atoms with van der Waals surface area (Å²) in [4.78, 5) is 0. The van der Waals surface area contributed by atoms with Crippen molar-refractivity contribution >= 4 is 10.8 Å². The molecule has 0 nitrogen and oxygen atoms in total. The number of hydrogen-bond donors (Lipinski definition) is 0. The summed E-state index contributed by atoms with van der Waals surface area (Å²) >= 11 is 0. The molecule has 0 heterocycles. The van der Waals surface area contributed by atoms with Crippen LogP contribution >= 0.6 is 0 Å². The van der Waals surface area contributed by atoms with Crippen molar-refractivity contribution in [2.45, 2.75) is 64.2 Å². The number of rotatable bonds is 5.